The van der Waals surface area contributed by atoms with Crippen LogP contribution in [0.15, 0.2) is 10.4 Å². The van der Waals surface area contributed by atoms with Crippen molar-refractivity contribution in [1.29, 1.82) is 0 Å². The van der Waals surface area contributed by atoms with E-state index < -0.39 is 17.6 Å². The van der Waals surface area contributed by atoms with Crippen LogP contribution in [-0.4, -0.2) is 24.2 Å². The first-order chi connectivity index (χ1) is 6.58. The summed E-state index contributed by atoms with van der Waals surface area (Å²) in [6.45, 7) is 1.23. The minimum absolute atomic E-state index is 0.163. The first-order valence-corrected chi connectivity index (χ1v) is 3.36. The molecule has 0 amide bonds. The lowest BCUT2D eigenvalue weighted by molar-refractivity contribution is -0.164. The fourth-order valence-corrected chi connectivity index (χ4v) is 0.563. The molecule has 78 valence electrons. The molecule has 2 N–H and O–H groups in total. The van der Waals surface area contributed by atoms with Crippen LogP contribution in [-0.2, 0) is 19.2 Å². The minimum Gasteiger partial charge on any atom is -0.462 e. The van der Waals surface area contributed by atoms with Crippen LogP contribution >= 0.6 is 0 Å². The Kier molecular flexibility index (Phi) is 4.29. The van der Waals surface area contributed by atoms with E-state index in [1.165, 1.54) is 6.92 Å². The van der Waals surface area contributed by atoms with E-state index in [1.807, 2.05) is 10.4 Å². The first-order valence-electron chi connectivity index (χ1n) is 3.36. The summed E-state index contributed by atoms with van der Waals surface area (Å²) in [6.07, 6.45) is 0. The third-order valence-corrected chi connectivity index (χ3v) is 1.22. The molecule has 0 spiro atoms. The molecule has 0 saturated carbocycles. The maximum Gasteiger partial charge on any atom is 0.422 e. The summed E-state index contributed by atoms with van der Waals surface area (Å²) in [5.74, 6) is 1.17. The molecule has 0 radical (unpaired) electrons. The van der Waals surface area contributed by atoms with Crippen LogP contribution in [0, 0.1) is 9.81 Å². The highest BCUT2D eigenvalue weighted by Crippen LogP contribution is 2.16. The van der Waals surface area contributed by atoms with Crippen LogP contribution in [0.25, 0.3) is 0 Å². The summed E-state index contributed by atoms with van der Waals surface area (Å²) in [7, 11) is 0. The Morgan fingerprint density at radius 1 is 1.29 bits per heavy atom. The molecule has 0 aromatic heterocycles. The summed E-state index contributed by atoms with van der Waals surface area (Å²) < 4.78 is 4.23. The number of nitrogens with two attached hydrogens (primary N) is 1. The van der Waals surface area contributed by atoms with Gasteiger partial charge in [-0.25, -0.2) is 9.59 Å². The van der Waals surface area contributed by atoms with Gasteiger partial charge in [-0.15, -0.1) is 9.81 Å². The predicted octanol–water partition coefficient (Wildman–Crippen LogP) is -0.805. The van der Waals surface area contributed by atoms with Crippen molar-refractivity contribution >= 4 is 11.9 Å². The molecule has 0 aromatic rings. The van der Waals surface area contributed by atoms with Gasteiger partial charge in [-0.2, -0.15) is 5.90 Å². The maximum absolute atomic E-state index is 11.0. The van der Waals surface area contributed by atoms with Crippen molar-refractivity contribution in [2.45, 2.75) is 12.6 Å². The second kappa shape index (κ2) is 4.97. The fraction of sp³-hybridized carbons (Fsp3) is 0.600. The Labute approximate surface area is 77.4 Å². The normalized spacial score (nSPS) is 10.1. The molecule has 0 saturated heterocycles. The van der Waals surface area contributed by atoms with Crippen LogP contribution in [0.5, 0.6) is 0 Å². The SMILES string of the molecule is CCOC(=O)C(N=O)(N=O)C(=O)ON. The number of nitrogens with zero attached hydrogens (tertiary/aromatic N) is 2. The largest absolute Gasteiger partial charge is 0.462 e. The van der Waals surface area contributed by atoms with Gasteiger partial charge in [0, 0.05) is 0 Å². The third-order valence-electron chi connectivity index (χ3n) is 1.22. The summed E-state index contributed by atoms with van der Waals surface area (Å²) in [4.78, 5) is 45.6. The molecule has 0 rings (SSSR count). The van der Waals surface area contributed by atoms with E-state index in [-0.39, 0.29) is 6.61 Å². The summed E-state index contributed by atoms with van der Waals surface area (Å²) in [6, 6.07) is 0. The van der Waals surface area contributed by atoms with Gasteiger partial charge in [0.05, 0.1) is 6.61 Å². The highest BCUT2D eigenvalue weighted by atomic mass is 16.7. The first kappa shape index (κ1) is 12.1. The lowest BCUT2D eigenvalue weighted by atomic mass is 10.2. The summed E-state index contributed by atoms with van der Waals surface area (Å²) in [5.41, 5.74) is -3.11. The Morgan fingerprint density at radius 2 is 1.79 bits per heavy atom. The van der Waals surface area contributed by atoms with E-state index in [9.17, 15) is 19.4 Å². The van der Waals surface area contributed by atoms with E-state index in [2.05, 4.69) is 15.5 Å². The molecule has 0 fully saturated rings. The quantitative estimate of drug-likeness (QED) is 0.268. The molecule has 9 heteroatoms. The highest BCUT2D eigenvalue weighted by Gasteiger charge is 2.54. The van der Waals surface area contributed by atoms with Crippen LogP contribution in [0.1, 0.15) is 6.92 Å². The van der Waals surface area contributed by atoms with Gasteiger partial charge < -0.3 is 9.57 Å². The van der Waals surface area contributed by atoms with Crippen molar-refractivity contribution in [3.63, 3.8) is 0 Å². The molecule has 0 aliphatic carbocycles. The number of carbonyl (C=O) groups is 2. The molecule has 0 atom stereocenters. The van der Waals surface area contributed by atoms with Gasteiger partial charge in [0.25, 0.3) is 0 Å². The molecular formula is C5H7N3O6. The van der Waals surface area contributed by atoms with Crippen LogP contribution in [0.3, 0.4) is 0 Å². The van der Waals surface area contributed by atoms with Gasteiger partial charge in [0.2, 0.25) is 0 Å². The molecule has 9 nitrogen and oxygen atoms in total. The standard InChI is InChI=1S/C5H7N3O6/c1-2-13-3(9)5(7-11,8-12)4(10)14-6/h2,6H2,1H3. The predicted molar refractivity (Wildman–Crippen MR) is 41.2 cm³/mol. The van der Waals surface area contributed by atoms with Gasteiger partial charge >= 0.3 is 17.6 Å². The van der Waals surface area contributed by atoms with Gasteiger partial charge in [-0.3, -0.25) is 0 Å². The Balaban J connectivity index is 5.06. The Morgan fingerprint density at radius 3 is 2.07 bits per heavy atom. The minimum atomic E-state index is -3.11. The highest BCUT2D eigenvalue weighted by molar-refractivity contribution is 6.04. The molecule has 0 aromatic carbocycles. The van der Waals surface area contributed by atoms with Crippen molar-refractivity contribution in [3.8, 4) is 0 Å². The van der Waals surface area contributed by atoms with Crippen molar-refractivity contribution in [2.75, 3.05) is 6.61 Å². The average Bonchev–Trinajstić information content (AvgIpc) is 2.20. The van der Waals surface area contributed by atoms with Crippen molar-refractivity contribution < 1.29 is 19.2 Å². The number of nitroso groups, excluding NO2 is 2. The molecule has 0 heterocycles. The number of hydrogen-bond acceptors (Lipinski definition) is 9. The number of rotatable bonds is 5. The smallest absolute Gasteiger partial charge is 0.422 e. The van der Waals surface area contributed by atoms with E-state index in [0.717, 1.165) is 0 Å². The average molecular weight is 205 g/mol. The lowest BCUT2D eigenvalue weighted by Crippen LogP contribution is -2.46. The molecule has 0 bridgehead atoms. The zero-order valence-corrected chi connectivity index (χ0v) is 7.13. The second-order valence-corrected chi connectivity index (χ2v) is 1.98. The zero-order chi connectivity index (χ0) is 11.2. The van der Waals surface area contributed by atoms with Crippen LogP contribution in [0.2, 0.25) is 0 Å². The van der Waals surface area contributed by atoms with Crippen molar-refractivity contribution in [1.82, 2.24) is 0 Å². The van der Waals surface area contributed by atoms with Gasteiger partial charge in [0.15, 0.2) is 0 Å². The van der Waals surface area contributed by atoms with Crippen LogP contribution in [0.4, 0.5) is 0 Å². The zero-order valence-electron chi connectivity index (χ0n) is 7.13. The third kappa shape index (κ3) is 1.88. The van der Waals surface area contributed by atoms with Crippen molar-refractivity contribution in [3.05, 3.63) is 9.81 Å². The molecule has 14 heavy (non-hydrogen) atoms. The summed E-state index contributed by atoms with van der Waals surface area (Å²) in [5, 5.41) is 3.94. The second-order valence-electron chi connectivity index (χ2n) is 1.98. The Bertz CT molecular complexity index is 256. The van der Waals surface area contributed by atoms with E-state index in [1.54, 1.807) is 0 Å². The fourth-order valence-electron chi connectivity index (χ4n) is 0.563. The van der Waals surface area contributed by atoms with Crippen molar-refractivity contribution in [2.24, 2.45) is 16.3 Å². The van der Waals surface area contributed by atoms with Gasteiger partial charge in [-0.1, -0.05) is 0 Å². The number of esters is 1. The summed E-state index contributed by atoms with van der Waals surface area (Å²) >= 11 is 0. The lowest BCUT2D eigenvalue weighted by Gasteiger charge is -2.12. The van der Waals surface area contributed by atoms with Crippen LogP contribution < -0.4 is 5.90 Å². The maximum atomic E-state index is 11.0. The molecule has 0 aliphatic rings. The molecule has 0 unspecified atom stereocenters. The topological polar surface area (TPSA) is 137 Å². The van der Waals surface area contributed by atoms with Gasteiger partial charge in [0.1, 0.15) is 0 Å². The number of carbonyl (C=O) groups excluding carboxylic acids is 2. The number of hydrogen-bond donors (Lipinski definition) is 1. The van der Waals surface area contributed by atoms with E-state index in [4.69, 9.17) is 0 Å². The Hall–Kier alpha value is -1.90. The van der Waals surface area contributed by atoms with Gasteiger partial charge in [-0.05, 0) is 17.3 Å². The van der Waals surface area contributed by atoms with E-state index in [0.29, 0.717) is 0 Å². The molecular weight excluding hydrogens is 198 g/mol. The number of ether oxygens (including phenoxy) is 1. The molecule has 0 aliphatic heterocycles. The monoisotopic (exact) mass is 205 g/mol. The van der Waals surface area contributed by atoms with E-state index >= 15 is 0 Å².